The molecule has 0 amide bonds. The third kappa shape index (κ3) is 4.43. The van der Waals surface area contributed by atoms with Crippen molar-refractivity contribution in [2.45, 2.75) is 13.3 Å². The highest BCUT2D eigenvalue weighted by molar-refractivity contribution is 6.17. The molecule has 3 aromatic heterocycles. The highest BCUT2D eigenvalue weighted by Gasteiger charge is 2.14. The molecule has 0 atom stereocenters. The number of aryl methyl sites for hydroxylation is 1. The van der Waals surface area contributed by atoms with Gasteiger partial charge in [-0.1, -0.05) is 0 Å². The molecule has 0 spiro atoms. The van der Waals surface area contributed by atoms with Crippen LogP contribution in [0.2, 0.25) is 0 Å². The third-order valence-electron chi connectivity index (χ3n) is 4.21. The molecule has 0 bridgehead atoms. The summed E-state index contributed by atoms with van der Waals surface area (Å²) in [7, 11) is 0. The number of rotatable bonds is 7. The Kier molecular flexibility index (Phi) is 5.81. The van der Waals surface area contributed by atoms with E-state index in [0.717, 1.165) is 28.8 Å². The molecule has 3 heterocycles. The van der Waals surface area contributed by atoms with Gasteiger partial charge in [-0.2, -0.15) is 0 Å². The topological polar surface area (TPSA) is 70.0 Å². The lowest BCUT2D eigenvalue weighted by Crippen LogP contribution is -1.99. The Morgan fingerprint density at radius 3 is 2.62 bits per heavy atom. The summed E-state index contributed by atoms with van der Waals surface area (Å²) in [6.45, 7) is 2.48. The van der Waals surface area contributed by atoms with Crippen LogP contribution in [-0.2, 0) is 0 Å². The van der Waals surface area contributed by atoms with Gasteiger partial charge >= 0.3 is 0 Å². The minimum Gasteiger partial charge on any atom is -0.494 e. The summed E-state index contributed by atoms with van der Waals surface area (Å²) >= 11 is 5.73. The maximum absolute atomic E-state index is 6.25. The molecular formula is C22H19ClN4O2. The smallest absolute Gasteiger partial charge is 0.181 e. The van der Waals surface area contributed by atoms with Gasteiger partial charge in [0.1, 0.15) is 11.5 Å². The fourth-order valence-corrected chi connectivity index (χ4v) is 2.96. The first kappa shape index (κ1) is 19.1. The first-order valence-corrected chi connectivity index (χ1v) is 9.78. The zero-order valence-corrected chi connectivity index (χ0v) is 16.6. The molecule has 4 rings (SSSR count). The van der Waals surface area contributed by atoms with Gasteiger partial charge in [-0.3, -0.25) is 4.98 Å². The van der Waals surface area contributed by atoms with E-state index in [-0.39, 0.29) is 0 Å². The van der Waals surface area contributed by atoms with Crippen LogP contribution in [0.5, 0.6) is 17.2 Å². The van der Waals surface area contributed by atoms with Gasteiger partial charge in [0, 0.05) is 35.6 Å². The van der Waals surface area contributed by atoms with E-state index in [2.05, 4.69) is 19.9 Å². The van der Waals surface area contributed by atoms with Crippen molar-refractivity contribution in [3.63, 3.8) is 0 Å². The molecule has 0 saturated heterocycles. The van der Waals surface area contributed by atoms with Gasteiger partial charge < -0.3 is 9.47 Å². The zero-order chi connectivity index (χ0) is 20.1. The molecule has 146 valence electrons. The number of pyridine rings is 2. The minimum absolute atomic E-state index is 0.509. The van der Waals surface area contributed by atoms with Crippen LogP contribution in [0.15, 0.2) is 61.1 Å². The van der Waals surface area contributed by atoms with Gasteiger partial charge in [0.2, 0.25) is 0 Å². The van der Waals surface area contributed by atoms with Gasteiger partial charge in [-0.05, 0) is 55.8 Å². The van der Waals surface area contributed by atoms with Gasteiger partial charge in [-0.25, -0.2) is 15.0 Å². The molecule has 1 aromatic carbocycles. The number of halogens is 1. The summed E-state index contributed by atoms with van der Waals surface area (Å²) in [6, 6.07) is 13.1. The van der Waals surface area contributed by atoms with Crippen LogP contribution in [0.3, 0.4) is 0 Å². The summed E-state index contributed by atoms with van der Waals surface area (Å²) in [5, 5.41) is 0.844. The SMILES string of the molecule is Cc1ccc(Oc2ccnc3ccc(OCCCCl)cc23)c(-c2ncccn2)n1. The number of ether oxygens (including phenoxy) is 2. The van der Waals surface area contributed by atoms with Gasteiger partial charge in [0.05, 0.1) is 12.1 Å². The zero-order valence-electron chi connectivity index (χ0n) is 15.9. The lowest BCUT2D eigenvalue weighted by molar-refractivity contribution is 0.318. The first-order chi connectivity index (χ1) is 14.2. The average molecular weight is 407 g/mol. The van der Waals surface area contributed by atoms with Crippen LogP contribution in [0.4, 0.5) is 0 Å². The highest BCUT2D eigenvalue weighted by atomic mass is 35.5. The molecule has 0 N–H and O–H groups in total. The van der Waals surface area contributed by atoms with Gasteiger partial charge in [0.15, 0.2) is 17.3 Å². The largest absolute Gasteiger partial charge is 0.494 e. The van der Waals surface area contributed by atoms with E-state index in [1.165, 1.54) is 0 Å². The average Bonchev–Trinajstić information content (AvgIpc) is 2.76. The Hall–Kier alpha value is -3.25. The van der Waals surface area contributed by atoms with Crippen molar-refractivity contribution in [2.75, 3.05) is 12.5 Å². The number of nitrogens with zero attached hydrogens (tertiary/aromatic N) is 4. The van der Waals surface area contributed by atoms with Crippen LogP contribution in [-0.4, -0.2) is 32.4 Å². The fraction of sp³-hybridized carbons (Fsp3) is 0.182. The van der Waals surface area contributed by atoms with E-state index in [1.807, 2.05) is 43.3 Å². The minimum atomic E-state index is 0.509. The van der Waals surface area contributed by atoms with Crippen LogP contribution in [0.1, 0.15) is 12.1 Å². The molecule has 0 radical (unpaired) electrons. The van der Waals surface area contributed by atoms with E-state index >= 15 is 0 Å². The number of hydrogen-bond acceptors (Lipinski definition) is 6. The summed E-state index contributed by atoms with van der Waals surface area (Å²) < 4.78 is 12.0. The summed E-state index contributed by atoms with van der Waals surface area (Å²) in [5.41, 5.74) is 2.25. The molecule has 4 aromatic rings. The van der Waals surface area contributed by atoms with E-state index in [1.54, 1.807) is 24.7 Å². The number of hydrogen-bond donors (Lipinski definition) is 0. The van der Waals surface area contributed by atoms with Crippen LogP contribution < -0.4 is 9.47 Å². The molecular weight excluding hydrogens is 388 g/mol. The van der Waals surface area contributed by atoms with Crippen molar-refractivity contribution in [1.29, 1.82) is 0 Å². The van der Waals surface area contributed by atoms with Gasteiger partial charge in [0.25, 0.3) is 0 Å². The lowest BCUT2D eigenvalue weighted by atomic mass is 10.2. The molecule has 0 saturated carbocycles. The molecule has 29 heavy (non-hydrogen) atoms. The van der Waals surface area contributed by atoms with Crippen LogP contribution in [0, 0.1) is 6.92 Å². The maximum atomic E-state index is 6.25. The number of benzene rings is 1. The van der Waals surface area contributed by atoms with Crippen molar-refractivity contribution in [1.82, 2.24) is 19.9 Å². The summed E-state index contributed by atoms with van der Waals surface area (Å²) in [6.07, 6.45) is 5.86. The standard InChI is InChI=1S/C22H19ClN4O2/c1-15-4-7-20(21(27-15)22-25-10-3-11-26-22)29-19-8-12-24-18-6-5-16(14-17(18)19)28-13-2-9-23/h3-8,10-12,14H,2,9,13H2,1H3. The van der Waals surface area contributed by atoms with E-state index < -0.39 is 0 Å². The quantitative estimate of drug-likeness (QED) is 0.310. The molecule has 6 nitrogen and oxygen atoms in total. The van der Waals surface area contributed by atoms with E-state index in [4.69, 9.17) is 21.1 Å². The Morgan fingerprint density at radius 2 is 1.79 bits per heavy atom. The van der Waals surface area contributed by atoms with Crippen molar-refractivity contribution in [3.05, 3.63) is 66.7 Å². The molecule has 0 aliphatic carbocycles. The summed E-state index contributed by atoms with van der Waals surface area (Å²) in [4.78, 5) is 17.6. The molecule has 0 aliphatic heterocycles. The van der Waals surface area contributed by atoms with E-state index in [0.29, 0.717) is 35.5 Å². The second-order valence-corrected chi connectivity index (χ2v) is 6.73. The Bertz CT molecular complexity index is 1120. The summed E-state index contributed by atoms with van der Waals surface area (Å²) in [5.74, 6) is 3.04. The number of fused-ring (bicyclic) bond motifs is 1. The molecule has 7 heteroatoms. The predicted molar refractivity (Wildman–Crippen MR) is 113 cm³/mol. The van der Waals surface area contributed by atoms with Crippen molar-refractivity contribution in [2.24, 2.45) is 0 Å². The molecule has 0 fully saturated rings. The predicted octanol–water partition coefficient (Wildman–Crippen LogP) is 5.20. The Balaban J connectivity index is 1.72. The van der Waals surface area contributed by atoms with E-state index in [9.17, 15) is 0 Å². The highest BCUT2D eigenvalue weighted by Crippen LogP contribution is 2.35. The number of aromatic nitrogens is 4. The normalized spacial score (nSPS) is 10.8. The maximum Gasteiger partial charge on any atom is 0.181 e. The van der Waals surface area contributed by atoms with Gasteiger partial charge in [-0.15, -0.1) is 11.6 Å². The second kappa shape index (κ2) is 8.84. The second-order valence-electron chi connectivity index (χ2n) is 6.35. The fourth-order valence-electron chi connectivity index (χ4n) is 2.85. The monoisotopic (exact) mass is 406 g/mol. The Morgan fingerprint density at radius 1 is 0.931 bits per heavy atom. The lowest BCUT2D eigenvalue weighted by Gasteiger charge is -2.13. The third-order valence-corrected chi connectivity index (χ3v) is 4.48. The van der Waals surface area contributed by atoms with Crippen molar-refractivity contribution >= 4 is 22.5 Å². The van der Waals surface area contributed by atoms with Crippen molar-refractivity contribution in [3.8, 4) is 28.8 Å². The Labute approximate surface area is 173 Å². The molecule has 0 unspecified atom stereocenters. The van der Waals surface area contributed by atoms with Crippen molar-refractivity contribution < 1.29 is 9.47 Å². The van der Waals surface area contributed by atoms with Crippen LogP contribution in [0.25, 0.3) is 22.4 Å². The first-order valence-electron chi connectivity index (χ1n) is 9.25. The number of alkyl halides is 1. The molecule has 0 aliphatic rings. The van der Waals surface area contributed by atoms with Crippen LogP contribution >= 0.6 is 11.6 Å².